The minimum atomic E-state index is -4.58. The Bertz CT molecular complexity index is 761. The number of nitrogens with two attached hydrogens (primary N) is 1. The van der Waals surface area contributed by atoms with Crippen molar-refractivity contribution in [2.75, 3.05) is 5.01 Å². The van der Waals surface area contributed by atoms with Crippen molar-refractivity contribution in [2.45, 2.75) is 11.8 Å². The third-order valence-electron chi connectivity index (χ3n) is 3.05. The zero-order valence-corrected chi connectivity index (χ0v) is 16.1. The highest BCUT2D eigenvalue weighted by molar-refractivity contribution is 9.28. The minimum absolute atomic E-state index is 0.0468. The summed E-state index contributed by atoms with van der Waals surface area (Å²) in [5.74, 6) is 0. The predicted octanol–water partition coefficient (Wildman–Crippen LogP) is 5.03. The topological polar surface area (TPSA) is 65.1 Å². The molecule has 0 aliphatic carbocycles. The van der Waals surface area contributed by atoms with Crippen molar-refractivity contribution in [1.29, 1.82) is 5.26 Å². The van der Waals surface area contributed by atoms with Crippen LogP contribution in [0.3, 0.4) is 0 Å². The molecule has 2 rings (SSSR count). The van der Waals surface area contributed by atoms with Crippen LogP contribution < -0.4 is 16.2 Å². The molecule has 1 aromatic rings. The molecule has 0 bridgehead atoms. The highest BCUT2D eigenvalue weighted by Gasteiger charge is 2.39. The molecule has 3 N–H and O–H groups in total. The Labute approximate surface area is 161 Å². The molecular formula is C13H7Br2Cl2F3N4. The molecular weight excluding hydrogens is 500 g/mol. The first-order chi connectivity index (χ1) is 11.0. The molecule has 0 radical (unpaired) electrons. The summed E-state index contributed by atoms with van der Waals surface area (Å²) in [6.45, 7) is 0. The van der Waals surface area contributed by atoms with E-state index in [1.807, 2.05) is 6.07 Å². The second-order valence-corrected chi connectivity index (χ2v) is 8.29. The first kappa shape index (κ1) is 19.6. The van der Waals surface area contributed by atoms with E-state index in [0.29, 0.717) is 8.96 Å². The van der Waals surface area contributed by atoms with Crippen LogP contribution in [0.15, 0.2) is 33.4 Å². The maximum Gasteiger partial charge on any atom is 0.416 e. The molecule has 128 valence electrons. The van der Waals surface area contributed by atoms with Crippen molar-refractivity contribution in [1.82, 2.24) is 5.43 Å². The van der Waals surface area contributed by atoms with E-state index in [1.54, 1.807) is 0 Å². The molecule has 24 heavy (non-hydrogen) atoms. The Hall–Kier alpha value is -0.760. The van der Waals surface area contributed by atoms with Gasteiger partial charge in [0.1, 0.15) is 6.07 Å². The van der Waals surface area contributed by atoms with Gasteiger partial charge in [0.15, 0.2) is 0 Å². The molecule has 0 aromatic heterocycles. The number of hydrogen-bond acceptors (Lipinski definition) is 4. The average molecular weight is 507 g/mol. The standard InChI is InChI=1S/C13H7Br2Cl2F3N4/c14-10(15)3-7-4-24(23-12(7,22)5-21)11-8(16)1-6(2-9(11)17)13(18,19)20/h1-4,23H,22H2. The summed E-state index contributed by atoms with van der Waals surface area (Å²) in [6.07, 6.45) is -1.66. The summed E-state index contributed by atoms with van der Waals surface area (Å²) in [6, 6.07) is 3.37. The van der Waals surface area contributed by atoms with Crippen LogP contribution >= 0.6 is 55.1 Å². The van der Waals surface area contributed by atoms with Crippen molar-refractivity contribution < 1.29 is 13.2 Å². The summed E-state index contributed by atoms with van der Waals surface area (Å²) < 4.78 is 38.9. The first-order valence-corrected chi connectivity index (χ1v) is 8.40. The monoisotopic (exact) mass is 504 g/mol. The Kier molecular flexibility index (Phi) is 5.59. The molecule has 1 heterocycles. The van der Waals surface area contributed by atoms with Crippen LogP contribution in [0.2, 0.25) is 10.0 Å². The van der Waals surface area contributed by atoms with Crippen LogP contribution in [-0.2, 0) is 6.18 Å². The van der Waals surface area contributed by atoms with Gasteiger partial charge in [0.2, 0.25) is 5.66 Å². The first-order valence-electron chi connectivity index (χ1n) is 6.06. The molecule has 4 nitrogen and oxygen atoms in total. The third-order valence-corrected chi connectivity index (χ3v) is 4.08. The van der Waals surface area contributed by atoms with Gasteiger partial charge in [-0.2, -0.15) is 23.9 Å². The van der Waals surface area contributed by atoms with Gasteiger partial charge in [-0.05, 0) is 50.1 Å². The van der Waals surface area contributed by atoms with Gasteiger partial charge in [-0.3, -0.25) is 10.7 Å². The molecule has 0 fully saturated rings. The van der Waals surface area contributed by atoms with E-state index in [9.17, 15) is 18.4 Å². The zero-order valence-electron chi connectivity index (χ0n) is 11.4. The SMILES string of the molecule is N#CC1(N)NN(c2c(Cl)cc(C(F)(F)F)cc2Cl)C=C1C=C(Br)Br. The number of benzene rings is 1. The number of alkyl halides is 3. The van der Waals surface area contributed by atoms with Gasteiger partial charge >= 0.3 is 6.18 Å². The second-order valence-electron chi connectivity index (χ2n) is 4.71. The number of nitriles is 1. The zero-order chi connectivity index (χ0) is 18.3. The Morgan fingerprint density at radius 2 is 1.88 bits per heavy atom. The molecule has 1 atom stereocenters. The van der Waals surface area contributed by atoms with E-state index >= 15 is 0 Å². The van der Waals surface area contributed by atoms with E-state index in [-0.39, 0.29) is 15.7 Å². The summed E-state index contributed by atoms with van der Waals surface area (Å²) in [5, 5.41) is 10.00. The van der Waals surface area contributed by atoms with Gasteiger partial charge in [0.05, 0.1) is 24.7 Å². The van der Waals surface area contributed by atoms with Crippen molar-refractivity contribution in [2.24, 2.45) is 5.73 Å². The number of hydrazine groups is 1. The van der Waals surface area contributed by atoms with Gasteiger partial charge in [-0.25, -0.2) is 0 Å². The quantitative estimate of drug-likeness (QED) is 0.590. The lowest BCUT2D eigenvalue weighted by Gasteiger charge is -2.25. The smallest absolute Gasteiger partial charge is 0.296 e. The Morgan fingerprint density at radius 1 is 1.33 bits per heavy atom. The molecule has 1 aliphatic heterocycles. The Balaban J connectivity index is 2.53. The van der Waals surface area contributed by atoms with Gasteiger partial charge in [0.25, 0.3) is 0 Å². The van der Waals surface area contributed by atoms with Gasteiger partial charge in [0, 0.05) is 11.8 Å². The lowest BCUT2D eigenvalue weighted by Crippen LogP contribution is -2.54. The fourth-order valence-corrected chi connectivity index (χ4v) is 3.13. The fraction of sp³-hybridized carbons (Fsp3) is 0.154. The van der Waals surface area contributed by atoms with E-state index < -0.39 is 17.4 Å². The highest BCUT2D eigenvalue weighted by atomic mass is 79.9. The predicted molar refractivity (Wildman–Crippen MR) is 93.6 cm³/mol. The number of rotatable bonds is 2. The van der Waals surface area contributed by atoms with Crippen LogP contribution in [0.25, 0.3) is 0 Å². The summed E-state index contributed by atoms with van der Waals surface area (Å²) in [5.41, 5.74) is 6.39. The Morgan fingerprint density at radius 3 is 2.29 bits per heavy atom. The highest BCUT2D eigenvalue weighted by Crippen LogP contribution is 2.41. The number of halogens is 7. The molecule has 1 aromatic carbocycles. The van der Waals surface area contributed by atoms with Crippen molar-refractivity contribution in [3.8, 4) is 6.07 Å². The van der Waals surface area contributed by atoms with E-state index in [4.69, 9.17) is 28.9 Å². The maximum absolute atomic E-state index is 12.8. The van der Waals surface area contributed by atoms with Crippen molar-refractivity contribution in [3.05, 3.63) is 49.0 Å². The second kappa shape index (κ2) is 6.86. The van der Waals surface area contributed by atoms with E-state index in [0.717, 1.165) is 12.1 Å². The van der Waals surface area contributed by atoms with Crippen LogP contribution in [0.1, 0.15) is 5.56 Å². The van der Waals surface area contributed by atoms with Crippen molar-refractivity contribution >= 4 is 60.7 Å². The van der Waals surface area contributed by atoms with Gasteiger partial charge in [-0.15, -0.1) is 0 Å². The third kappa shape index (κ3) is 3.90. The van der Waals surface area contributed by atoms with Gasteiger partial charge in [-0.1, -0.05) is 23.2 Å². The summed E-state index contributed by atoms with van der Waals surface area (Å²) in [7, 11) is 0. The lowest BCUT2D eigenvalue weighted by molar-refractivity contribution is -0.137. The molecule has 0 saturated carbocycles. The van der Waals surface area contributed by atoms with Crippen LogP contribution in [0.4, 0.5) is 18.9 Å². The van der Waals surface area contributed by atoms with Crippen molar-refractivity contribution in [3.63, 3.8) is 0 Å². The van der Waals surface area contributed by atoms with E-state index in [2.05, 4.69) is 37.3 Å². The molecule has 0 amide bonds. The molecule has 1 aliphatic rings. The lowest BCUT2D eigenvalue weighted by atomic mass is 10.1. The molecule has 0 saturated heterocycles. The largest absolute Gasteiger partial charge is 0.416 e. The minimum Gasteiger partial charge on any atom is -0.296 e. The normalized spacial score (nSPS) is 20.6. The molecule has 0 spiro atoms. The maximum atomic E-state index is 12.8. The molecule has 1 unspecified atom stereocenters. The number of hydrogen-bond donors (Lipinski definition) is 2. The number of anilines is 1. The number of nitrogens with one attached hydrogen (secondary N) is 1. The molecule has 11 heteroatoms. The van der Waals surface area contributed by atoms with Crippen LogP contribution in [0.5, 0.6) is 0 Å². The van der Waals surface area contributed by atoms with Gasteiger partial charge < -0.3 is 0 Å². The van der Waals surface area contributed by atoms with Crippen LogP contribution in [-0.4, -0.2) is 5.66 Å². The summed E-state index contributed by atoms with van der Waals surface area (Å²) in [4.78, 5) is 0. The summed E-state index contributed by atoms with van der Waals surface area (Å²) >= 11 is 18.2. The number of nitrogens with zero attached hydrogens (tertiary/aromatic N) is 2. The fourth-order valence-electron chi connectivity index (χ4n) is 1.97. The average Bonchev–Trinajstić information content (AvgIpc) is 2.74. The van der Waals surface area contributed by atoms with E-state index in [1.165, 1.54) is 17.3 Å². The van der Waals surface area contributed by atoms with Crippen LogP contribution in [0, 0.1) is 11.3 Å².